The number of hydrogen-bond acceptors (Lipinski definition) is 0. The smallest absolute Gasteiger partial charge is 0.0491 e. The molecule has 5 aliphatic rings. The summed E-state index contributed by atoms with van der Waals surface area (Å²) in [5.41, 5.74) is 8.58. The molecule has 2 atom stereocenters. The molecule has 1 saturated carbocycles. The maximum absolute atomic E-state index is 2.57. The molecule has 2 aromatic heterocycles. The van der Waals surface area contributed by atoms with E-state index in [1.54, 1.807) is 0 Å². The summed E-state index contributed by atoms with van der Waals surface area (Å²) in [4.78, 5) is 0. The molecule has 6 heterocycles. The van der Waals surface area contributed by atoms with Crippen LogP contribution in [0.5, 0.6) is 0 Å². The number of nitrogens with zero attached hydrogens (tertiary/aromatic N) is 2. The minimum absolute atomic E-state index is 0.616. The molecule has 0 unspecified atom stereocenters. The average molecular weight is 441 g/mol. The van der Waals surface area contributed by atoms with E-state index >= 15 is 0 Å². The molecule has 0 N–H and O–H groups in total. The second kappa shape index (κ2) is 6.99. The minimum atomic E-state index is 0.616. The number of rotatable bonds is 0. The quantitative estimate of drug-likeness (QED) is 0.225. The second-order valence-corrected chi connectivity index (χ2v) is 10.4. The Morgan fingerprint density at radius 2 is 0.912 bits per heavy atom. The molecule has 6 aromatic rings. The second-order valence-electron chi connectivity index (χ2n) is 10.4. The monoisotopic (exact) mass is 440 g/mol. The standard InChI is InChI=1S/C32H28N2/c1-3-9-29-25(7-1)27-19-21-11-15-31(27)33(29)17-5-6-18-34-30-10-4-2-8-26(30)28-20-22(12-16-32(28)34)24-14-13-23(21)24/h1-4,7-12,15-16,19-20,23-24H,5-6,13-14,17-18H2/t23-,24+. The molecule has 0 amide bonds. The fourth-order valence-electron chi connectivity index (χ4n) is 6.92. The number of hydrogen-bond donors (Lipinski definition) is 0. The summed E-state index contributed by atoms with van der Waals surface area (Å²) in [5, 5.41) is 5.67. The molecule has 0 radical (unpaired) electrons. The highest BCUT2D eigenvalue weighted by Gasteiger charge is 2.34. The van der Waals surface area contributed by atoms with Crippen LogP contribution in [-0.4, -0.2) is 9.13 Å². The first-order valence-electron chi connectivity index (χ1n) is 12.9. The topological polar surface area (TPSA) is 9.86 Å². The summed E-state index contributed by atoms with van der Waals surface area (Å²) in [7, 11) is 0. The van der Waals surface area contributed by atoms with Crippen LogP contribution in [0.4, 0.5) is 0 Å². The zero-order valence-electron chi connectivity index (χ0n) is 19.4. The van der Waals surface area contributed by atoms with Crippen molar-refractivity contribution in [2.75, 3.05) is 0 Å². The Morgan fingerprint density at radius 3 is 1.38 bits per heavy atom. The predicted molar refractivity (Wildman–Crippen MR) is 143 cm³/mol. The van der Waals surface area contributed by atoms with E-state index in [1.807, 2.05) is 0 Å². The largest absolute Gasteiger partial charge is 0.340 e. The molecule has 11 rings (SSSR count). The van der Waals surface area contributed by atoms with Crippen LogP contribution >= 0.6 is 0 Å². The Morgan fingerprint density at radius 1 is 0.471 bits per heavy atom. The highest BCUT2D eigenvalue weighted by Crippen LogP contribution is 2.50. The van der Waals surface area contributed by atoms with Crippen LogP contribution in [0, 0.1) is 0 Å². The van der Waals surface area contributed by atoms with Crippen LogP contribution in [0.1, 0.15) is 48.6 Å². The third-order valence-corrected chi connectivity index (χ3v) is 8.74. The summed E-state index contributed by atoms with van der Waals surface area (Å²) in [6.45, 7) is 2.13. The van der Waals surface area contributed by atoms with Crippen LogP contribution in [0.2, 0.25) is 0 Å². The maximum atomic E-state index is 2.57. The lowest BCUT2D eigenvalue weighted by Gasteiger charge is -2.37. The van der Waals surface area contributed by atoms with Gasteiger partial charge in [0.15, 0.2) is 0 Å². The van der Waals surface area contributed by atoms with E-state index in [2.05, 4.69) is 94.1 Å². The first-order chi connectivity index (χ1) is 16.9. The highest BCUT2D eigenvalue weighted by molar-refractivity contribution is 6.09. The zero-order valence-corrected chi connectivity index (χ0v) is 19.4. The number of fused-ring (bicyclic) bond motifs is 2. The van der Waals surface area contributed by atoms with Gasteiger partial charge in [0.1, 0.15) is 0 Å². The van der Waals surface area contributed by atoms with Crippen LogP contribution in [0.3, 0.4) is 0 Å². The summed E-state index contributed by atoms with van der Waals surface area (Å²) in [5.74, 6) is 1.23. The van der Waals surface area contributed by atoms with Gasteiger partial charge in [0.25, 0.3) is 0 Å². The van der Waals surface area contributed by atoms with Crippen molar-refractivity contribution in [1.29, 1.82) is 0 Å². The molecule has 0 saturated heterocycles. The predicted octanol–water partition coefficient (Wildman–Crippen LogP) is 8.36. The van der Waals surface area contributed by atoms with E-state index in [4.69, 9.17) is 0 Å². The lowest BCUT2D eigenvalue weighted by Crippen LogP contribution is -2.21. The fourth-order valence-corrected chi connectivity index (χ4v) is 6.92. The summed E-state index contributed by atoms with van der Waals surface area (Å²) in [6.07, 6.45) is 4.92. The first-order valence-corrected chi connectivity index (χ1v) is 12.9. The van der Waals surface area contributed by atoms with Gasteiger partial charge in [-0.25, -0.2) is 0 Å². The third kappa shape index (κ3) is 2.51. The lowest BCUT2D eigenvalue weighted by atomic mass is 9.66. The fraction of sp³-hybridized carbons (Fsp3) is 0.250. The van der Waals surface area contributed by atoms with E-state index in [-0.39, 0.29) is 0 Å². The maximum Gasteiger partial charge on any atom is 0.0491 e. The van der Waals surface area contributed by atoms with Crippen molar-refractivity contribution in [1.82, 2.24) is 9.13 Å². The molecule has 1 fully saturated rings. The van der Waals surface area contributed by atoms with Gasteiger partial charge in [-0.05, 0) is 85.0 Å². The van der Waals surface area contributed by atoms with Crippen LogP contribution < -0.4 is 0 Å². The van der Waals surface area contributed by atoms with Crippen molar-refractivity contribution in [3.05, 3.63) is 96.1 Å². The molecule has 34 heavy (non-hydrogen) atoms. The lowest BCUT2D eigenvalue weighted by molar-refractivity contribution is 0.347. The van der Waals surface area contributed by atoms with E-state index < -0.39 is 0 Å². The molecular weight excluding hydrogens is 412 g/mol. The Balaban J connectivity index is 1.37. The number of para-hydroxylation sites is 2. The van der Waals surface area contributed by atoms with Crippen molar-refractivity contribution < 1.29 is 0 Å². The Hall–Kier alpha value is -3.52. The van der Waals surface area contributed by atoms with E-state index in [0.717, 1.165) is 13.1 Å². The molecule has 4 aromatic carbocycles. The molecule has 166 valence electrons. The van der Waals surface area contributed by atoms with Gasteiger partial charge in [-0.15, -0.1) is 0 Å². The van der Waals surface area contributed by atoms with Gasteiger partial charge in [0.2, 0.25) is 0 Å². The van der Waals surface area contributed by atoms with Crippen LogP contribution in [-0.2, 0) is 13.1 Å². The zero-order chi connectivity index (χ0) is 22.2. The highest BCUT2D eigenvalue weighted by atomic mass is 15.0. The van der Waals surface area contributed by atoms with Gasteiger partial charge in [-0.2, -0.15) is 0 Å². The van der Waals surface area contributed by atoms with Gasteiger partial charge < -0.3 is 9.13 Å². The van der Waals surface area contributed by atoms with E-state index in [9.17, 15) is 0 Å². The summed E-state index contributed by atoms with van der Waals surface area (Å²) < 4.78 is 5.13. The van der Waals surface area contributed by atoms with Gasteiger partial charge in [-0.3, -0.25) is 0 Å². The normalized spacial score (nSPS) is 20.2. The Kier molecular flexibility index (Phi) is 3.88. The van der Waals surface area contributed by atoms with Gasteiger partial charge in [-0.1, -0.05) is 48.5 Å². The number of benzene rings is 4. The molecule has 4 aliphatic heterocycles. The number of aryl methyl sites for hydroxylation is 2. The Bertz CT molecular complexity index is 1600. The van der Waals surface area contributed by atoms with Crippen LogP contribution in [0.15, 0.2) is 84.9 Å². The van der Waals surface area contributed by atoms with E-state index in [1.165, 1.54) is 80.4 Å². The van der Waals surface area contributed by atoms with Crippen molar-refractivity contribution in [3.8, 4) is 0 Å². The molecule has 0 spiro atoms. The third-order valence-electron chi connectivity index (χ3n) is 8.74. The van der Waals surface area contributed by atoms with Crippen molar-refractivity contribution in [3.63, 3.8) is 0 Å². The number of aromatic nitrogens is 2. The molecule has 1 aliphatic carbocycles. The van der Waals surface area contributed by atoms with Crippen molar-refractivity contribution >= 4 is 43.6 Å². The van der Waals surface area contributed by atoms with Gasteiger partial charge >= 0.3 is 0 Å². The SMILES string of the molecule is c1ccc2c(c1)c1cc3ccc1n2CCCCn1c2ccccc2c2cc(ccc21)[C@@H]1CC[C@H]31. The first kappa shape index (κ1) is 18.9. The molecular formula is C32H28N2. The van der Waals surface area contributed by atoms with Gasteiger partial charge in [0, 0.05) is 56.7 Å². The Labute approximate surface area is 199 Å². The van der Waals surface area contributed by atoms with Crippen molar-refractivity contribution in [2.24, 2.45) is 0 Å². The van der Waals surface area contributed by atoms with Gasteiger partial charge in [0.05, 0.1) is 0 Å². The van der Waals surface area contributed by atoms with E-state index in [0.29, 0.717) is 11.8 Å². The molecule has 2 heteroatoms. The van der Waals surface area contributed by atoms with Crippen molar-refractivity contribution in [2.45, 2.75) is 50.6 Å². The van der Waals surface area contributed by atoms with Crippen LogP contribution in [0.25, 0.3) is 43.6 Å². The average Bonchev–Trinajstić information content (AvgIpc) is 3.33. The minimum Gasteiger partial charge on any atom is -0.340 e. The summed E-state index contributed by atoms with van der Waals surface area (Å²) in [6, 6.07) is 32.7. The molecule has 8 bridgehead atoms. The summed E-state index contributed by atoms with van der Waals surface area (Å²) >= 11 is 0. The molecule has 2 nitrogen and oxygen atoms in total.